The van der Waals surface area contributed by atoms with Crippen molar-refractivity contribution in [1.82, 2.24) is 15.3 Å². The lowest BCUT2D eigenvalue weighted by Crippen LogP contribution is -2.25. The van der Waals surface area contributed by atoms with Crippen molar-refractivity contribution in [2.75, 3.05) is 7.11 Å². The summed E-state index contributed by atoms with van der Waals surface area (Å²) in [5, 5.41) is 3.70. The van der Waals surface area contributed by atoms with Gasteiger partial charge in [0.15, 0.2) is 0 Å². The van der Waals surface area contributed by atoms with Crippen LogP contribution in [0, 0.1) is 0 Å². The Labute approximate surface area is 126 Å². The number of esters is 1. The maximum absolute atomic E-state index is 12.3. The summed E-state index contributed by atoms with van der Waals surface area (Å²) in [6.45, 7) is 6.43. The summed E-state index contributed by atoms with van der Waals surface area (Å²) in [5.74, 6) is 0.151. The number of methoxy groups -OCH3 is 1. The number of fused-ring (bicyclic) bond motifs is 1. The predicted molar refractivity (Wildman–Crippen MR) is 82.9 cm³/mol. The first kappa shape index (κ1) is 15.7. The Kier molecular flexibility index (Phi) is 4.74. The monoisotopic (exact) mass is 309 g/mol. The van der Waals surface area contributed by atoms with Crippen LogP contribution in [0.3, 0.4) is 0 Å². The zero-order valence-electron chi connectivity index (χ0n) is 12.6. The first-order chi connectivity index (χ1) is 9.97. The summed E-state index contributed by atoms with van der Waals surface area (Å²) in [6, 6.07) is 0.297. The molecule has 21 heavy (non-hydrogen) atoms. The smallest absolute Gasteiger partial charge is 0.348 e. The average Bonchev–Trinajstić information content (AvgIpc) is 2.83. The van der Waals surface area contributed by atoms with Gasteiger partial charge in [-0.15, -0.1) is 11.3 Å². The van der Waals surface area contributed by atoms with Gasteiger partial charge in [0.05, 0.1) is 19.0 Å². The van der Waals surface area contributed by atoms with Crippen molar-refractivity contribution in [3.05, 3.63) is 26.6 Å². The highest BCUT2D eigenvalue weighted by molar-refractivity contribution is 7.20. The van der Waals surface area contributed by atoms with Gasteiger partial charge in [0.25, 0.3) is 5.56 Å². The normalized spacial score (nSPS) is 11.3. The third-order valence-electron chi connectivity index (χ3n) is 3.11. The lowest BCUT2D eigenvalue weighted by atomic mass is 10.1. The van der Waals surface area contributed by atoms with E-state index in [1.54, 1.807) is 0 Å². The van der Waals surface area contributed by atoms with Crippen LogP contribution in [0.15, 0.2) is 4.79 Å². The standard InChI is InChI=1S/C14H19N3O3S/c1-5-8-10-12(18)16-9(6-15-7(2)3)17-13(10)21-11(8)14(19)20-4/h7,15H,5-6H2,1-4H3,(H,16,17,18). The highest BCUT2D eigenvalue weighted by atomic mass is 32.1. The van der Waals surface area contributed by atoms with Crippen molar-refractivity contribution in [3.63, 3.8) is 0 Å². The Morgan fingerprint density at radius 3 is 2.76 bits per heavy atom. The van der Waals surface area contributed by atoms with Crippen LogP contribution in [-0.4, -0.2) is 29.1 Å². The molecule has 0 saturated carbocycles. The largest absolute Gasteiger partial charge is 0.465 e. The Hall–Kier alpha value is -1.73. The van der Waals surface area contributed by atoms with Crippen LogP contribution in [0.25, 0.3) is 10.2 Å². The Morgan fingerprint density at radius 1 is 1.48 bits per heavy atom. The number of ether oxygens (including phenoxy) is 1. The van der Waals surface area contributed by atoms with Crippen molar-refractivity contribution in [1.29, 1.82) is 0 Å². The van der Waals surface area contributed by atoms with Gasteiger partial charge in [-0.3, -0.25) is 4.79 Å². The number of aromatic amines is 1. The first-order valence-electron chi connectivity index (χ1n) is 6.84. The van der Waals surface area contributed by atoms with Gasteiger partial charge in [0, 0.05) is 6.04 Å². The minimum absolute atomic E-state index is 0.205. The van der Waals surface area contributed by atoms with E-state index in [2.05, 4.69) is 15.3 Å². The number of aromatic nitrogens is 2. The number of hydrogen-bond acceptors (Lipinski definition) is 6. The fraction of sp³-hybridized carbons (Fsp3) is 0.500. The molecule has 0 spiro atoms. The molecule has 0 bridgehead atoms. The van der Waals surface area contributed by atoms with Crippen molar-refractivity contribution < 1.29 is 9.53 Å². The maximum Gasteiger partial charge on any atom is 0.348 e. The zero-order chi connectivity index (χ0) is 15.6. The van der Waals surface area contributed by atoms with E-state index in [1.807, 2.05) is 20.8 Å². The minimum Gasteiger partial charge on any atom is -0.465 e. The van der Waals surface area contributed by atoms with Crippen LogP contribution < -0.4 is 10.9 Å². The Balaban J connectivity index is 2.55. The molecule has 6 nitrogen and oxygen atoms in total. The molecule has 0 saturated heterocycles. The molecule has 2 N–H and O–H groups in total. The fourth-order valence-corrected chi connectivity index (χ4v) is 3.29. The van der Waals surface area contributed by atoms with E-state index in [1.165, 1.54) is 18.4 Å². The number of carbonyl (C=O) groups is 1. The molecule has 0 aliphatic carbocycles. The number of aryl methyl sites for hydroxylation is 1. The number of rotatable bonds is 5. The highest BCUT2D eigenvalue weighted by Gasteiger charge is 2.21. The van der Waals surface area contributed by atoms with Gasteiger partial charge in [-0.25, -0.2) is 9.78 Å². The first-order valence-corrected chi connectivity index (χ1v) is 7.65. The molecule has 2 rings (SSSR count). The molecule has 0 atom stereocenters. The molecular weight excluding hydrogens is 290 g/mol. The second-order valence-electron chi connectivity index (χ2n) is 4.98. The summed E-state index contributed by atoms with van der Waals surface area (Å²) in [4.78, 5) is 32.4. The number of hydrogen-bond donors (Lipinski definition) is 2. The van der Waals surface area contributed by atoms with Crippen molar-refractivity contribution in [3.8, 4) is 0 Å². The van der Waals surface area contributed by atoms with Crippen LogP contribution >= 0.6 is 11.3 Å². The van der Waals surface area contributed by atoms with Gasteiger partial charge in [-0.2, -0.15) is 0 Å². The van der Waals surface area contributed by atoms with Gasteiger partial charge in [0.2, 0.25) is 0 Å². The van der Waals surface area contributed by atoms with Gasteiger partial charge in [-0.05, 0) is 12.0 Å². The van der Waals surface area contributed by atoms with Gasteiger partial charge in [-0.1, -0.05) is 20.8 Å². The molecular formula is C14H19N3O3S. The van der Waals surface area contributed by atoms with Crippen LogP contribution in [0.5, 0.6) is 0 Å². The van der Waals surface area contributed by atoms with Crippen LogP contribution in [0.2, 0.25) is 0 Å². The molecule has 2 heterocycles. The number of nitrogens with zero attached hydrogens (tertiary/aromatic N) is 1. The van der Waals surface area contributed by atoms with E-state index in [4.69, 9.17) is 4.74 Å². The molecule has 0 fully saturated rings. The molecule has 2 aromatic heterocycles. The van der Waals surface area contributed by atoms with Gasteiger partial charge >= 0.3 is 5.97 Å². The molecule has 114 valence electrons. The van der Waals surface area contributed by atoms with E-state index in [0.717, 1.165) is 0 Å². The SMILES string of the molecule is CCc1c(C(=O)OC)sc2nc(CNC(C)C)[nH]c(=O)c12. The van der Waals surface area contributed by atoms with Crippen LogP contribution in [-0.2, 0) is 17.7 Å². The molecule has 0 aliphatic heterocycles. The summed E-state index contributed by atoms with van der Waals surface area (Å²) in [5.41, 5.74) is 0.503. The van der Waals surface area contributed by atoms with Crippen molar-refractivity contribution >= 4 is 27.5 Å². The van der Waals surface area contributed by atoms with Gasteiger partial charge < -0.3 is 15.0 Å². The molecule has 2 aromatic rings. The topological polar surface area (TPSA) is 84.1 Å². The quantitative estimate of drug-likeness (QED) is 0.823. The molecule has 0 unspecified atom stereocenters. The molecule has 0 aliphatic rings. The third-order valence-corrected chi connectivity index (χ3v) is 4.22. The number of nitrogens with one attached hydrogen (secondary N) is 2. The summed E-state index contributed by atoms with van der Waals surface area (Å²) >= 11 is 1.21. The van der Waals surface area contributed by atoms with E-state index < -0.39 is 5.97 Å². The predicted octanol–water partition coefficient (Wildman–Crippen LogP) is 1.83. The van der Waals surface area contributed by atoms with E-state index in [-0.39, 0.29) is 5.56 Å². The lowest BCUT2D eigenvalue weighted by molar-refractivity contribution is 0.0605. The average molecular weight is 309 g/mol. The maximum atomic E-state index is 12.3. The molecule has 0 aromatic carbocycles. The number of thiophene rings is 1. The molecule has 0 amide bonds. The minimum atomic E-state index is -0.420. The second kappa shape index (κ2) is 6.36. The van der Waals surface area contributed by atoms with E-state index in [9.17, 15) is 9.59 Å². The van der Waals surface area contributed by atoms with Crippen LogP contribution in [0.1, 0.15) is 41.8 Å². The summed E-state index contributed by atoms with van der Waals surface area (Å²) in [7, 11) is 1.34. The molecule has 0 radical (unpaired) electrons. The Morgan fingerprint density at radius 2 is 2.19 bits per heavy atom. The van der Waals surface area contributed by atoms with E-state index >= 15 is 0 Å². The van der Waals surface area contributed by atoms with Crippen LogP contribution in [0.4, 0.5) is 0 Å². The lowest BCUT2D eigenvalue weighted by Gasteiger charge is -2.07. The van der Waals surface area contributed by atoms with Crippen molar-refractivity contribution in [2.24, 2.45) is 0 Å². The third kappa shape index (κ3) is 3.14. The number of carbonyl (C=O) groups excluding carboxylic acids is 1. The summed E-state index contributed by atoms with van der Waals surface area (Å²) < 4.78 is 4.78. The number of H-pyrrole nitrogens is 1. The highest BCUT2D eigenvalue weighted by Crippen LogP contribution is 2.28. The van der Waals surface area contributed by atoms with Gasteiger partial charge in [0.1, 0.15) is 15.5 Å². The van der Waals surface area contributed by atoms with Crippen molar-refractivity contribution in [2.45, 2.75) is 39.8 Å². The molecule has 7 heteroatoms. The fourth-order valence-electron chi connectivity index (χ4n) is 2.09. The van der Waals surface area contributed by atoms with E-state index in [0.29, 0.717) is 45.5 Å². The Bertz CT molecular complexity index is 718. The second-order valence-corrected chi connectivity index (χ2v) is 5.98. The zero-order valence-corrected chi connectivity index (χ0v) is 13.4. The summed E-state index contributed by atoms with van der Waals surface area (Å²) in [6.07, 6.45) is 0.582.